The summed E-state index contributed by atoms with van der Waals surface area (Å²) in [6.07, 6.45) is 8.30. The largest absolute Gasteiger partial charge is 0.361 e. The number of aromatic nitrogens is 4. The molecule has 0 bridgehead atoms. The molecule has 0 aliphatic carbocycles. The number of benzene rings is 1. The molecule has 3 heterocycles. The van der Waals surface area contributed by atoms with Crippen LogP contribution in [0.25, 0.3) is 10.9 Å². The molecule has 1 aromatic carbocycles. The van der Waals surface area contributed by atoms with Gasteiger partial charge >= 0.3 is 0 Å². The highest BCUT2D eigenvalue weighted by Crippen LogP contribution is 2.19. The summed E-state index contributed by atoms with van der Waals surface area (Å²) in [5.74, 6) is 2.72. The van der Waals surface area contributed by atoms with E-state index < -0.39 is 0 Å². The lowest BCUT2D eigenvalue weighted by atomic mass is 10.1. The first kappa shape index (κ1) is 19.4. The van der Waals surface area contributed by atoms with Gasteiger partial charge in [0.25, 0.3) is 0 Å². The van der Waals surface area contributed by atoms with E-state index in [-0.39, 0.29) is 5.82 Å². The summed E-state index contributed by atoms with van der Waals surface area (Å²) in [6.45, 7) is 2.52. The highest BCUT2D eigenvalue weighted by atomic mass is 19.1. The third kappa shape index (κ3) is 4.58. The number of hydrogen-bond acceptors (Lipinski definition) is 3. The van der Waals surface area contributed by atoms with Crippen molar-refractivity contribution < 1.29 is 4.39 Å². The molecule has 0 saturated carbocycles. The third-order valence-corrected chi connectivity index (χ3v) is 5.47. The topological polar surface area (TPSA) is 82.9 Å². The van der Waals surface area contributed by atoms with Crippen LogP contribution < -0.4 is 10.6 Å². The van der Waals surface area contributed by atoms with Crippen LogP contribution >= 0.6 is 0 Å². The van der Waals surface area contributed by atoms with Gasteiger partial charge in [0, 0.05) is 56.6 Å². The molecule has 0 saturated heterocycles. The molecule has 0 radical (unpaired) electrons. The Morgan fingerprint density at radius 3 is 2.90 bits per heavy atom. The zero-order chi connectivity index (χ0) is 20.1. The number of hydrogen-bond donors (Lipinski definition) is 3. The fraction of sp³-hybridized carbons (Fsp3) is 0.476. The molecular weight excluding hydrogens is 369 g/mol. The van der Waals surface area contributed by atoms with E-state index in [1.807, 2.05) is 12.3 Å². The first-order chi connectivity index (χ1) is 14.2. The Labute approximate surface area is 169 Å². The van der Waals surface area contributed by atoms with Crippen molar-refractivity contribution in [2.24, 2.45) is 4.99 Å². The quantitative estimate of drug-likeness (QED) is 0.441. The van der Waals surface area contributed by atoms with Crippen LogP contribution in [0.1, 0.15) is 36.5 Å². The molecule has 0 fully saturated rings. The van der Waals surface area contributed by atoms with Crippen LogP contribution in [-0.2, 0) is 25.8 Å². The number of aryl methyl sites for hydroxylation is 1. The number of H-pyrrole nitrogens is 1. The van der Waals surface area contributed by atoms with E-state index in [2.05, 4.69) is 35.4 Å². The second-order valence-corrected chi connectivity index (χ2v) is 7.42. The summed E-state index contributed by atoms with van der Waals surface area (Å²) < 4.78 is 15.6. The minimum atomic E-state index is -0.224. The number of nitrogens with zero attached hydrogens (tertiary/aromatic N) is 4. The Kier molecular flexibility index (Phi) is 6.07. The minimum absolute atomic E-state index is 0.224. The number of aromatic amines is 1. The van der Waals surface area contributed by atoms with Crippen LogP contribution in [0, 0.1) is 5.82 Å². The number of fused-ring (bicyclic) bond motifs is 2. The number of nitrogens with one attached hydrogen (secondary N) is 3. The van der Waals surface area contributed by atoms with Crippen molar-refractivity contribution in [1.29, 1.82) is 0 Å². The zero-order valence-corrected chi connectivity index (χ0v) is 16.8. The van der Waals surface area contributed by atoms with Gasteiger partial charge in [0.15, 0.2) is 5.96 Å². The predicted octanol–water partition coefficient (Wildman–Crippen LogP) is 2.58. The fourth-order valence-electron chi connectivity index (χ4n) is 3.92. The molecule has 0 atom stereocenters. The van der Waals surface area contributed by atoms with Crippen LogP contribution in [0.3, 0.4) is 0 Å². The van der Waals surface area contributed by atoms with E-state index in [9.17, 15) is 4.39 Å². The first-order valence-corrected chi connectivity index (χ1v) is 10.4. The van der Waals surface area contributed by atoms with Crippen molar-refractivity contribution in [3.8, 4) is 0 Å². The second kappa shape index (κ2) is 9.07. The fourth-order valence-corrected chi connectivity index (χ4v) is 3.92. The third-order valence-electron chi connectivity index (χ3n) is 5.47. The van der Waals surface area contributed by atoms with Crippen molar-refractivity contribution in [1.82, 2.24) is 30.4 Å². The summed E-state index contributed by atoms with van der Waals surface area (Å²) >= 11 is 0. The molecule has 29 heavy (non-hydrogen) atoms. The number of rotatable bonds is 6. The van der Waals surface area contributed by atoms with Crippen LogP contribution in [0.5, 0.6) is 0 Å². The maximum atomic E-state index is 13.3. The van der Waals surface area contributed by atoms with Crippen LogP contribution in [-0.4, -0.2) is 45.8 Å². The molecule has 1 aliphatic heterocycles. The Hall–Kier alpha value is -2.90. The van der Waals surface area contributed by atoms with E-state index in [1.165, 1.54) is 31.4 Å². The number of halogens is 1. The average Bonchev–Trinajstić information content (AvgIpc) is 3.21. The van der Waals surface area contributed by atoms with E-state index in [0.717, 1.165) is 73.0 Å². The molecule has 3 N–H and O–H groups in total. The summed E-state index contributed by atoms with van der Waals surface area (Å²) in [4.78, 5) is 7.43. The average molecular weight is 398 g/mol. The monoisotopic (exact) mass is 397 g/mol. The molecule has 1 aliphatic rings. The van der Waals surface area contributed by atoms with Crippen LogP contribution in [0.15, 0.2) is 29.4 Å². The Morgan fingerprint density at radius 2 is 2.03 bits per heavy atom. The van der Waals surface area contributed by atoms with Gasteiger partial charge in [-0.25, -0.2) is 4.39 Å². The molecule has 3 aromatic rings. The van der Waals surface area contributed by atoms with Crippen molar-refractivity contribution in [3.05, 3.63) is 47.4 Å². The molecule has 8 heteroatoms. The van der Waals surface area contributed by atoms with Gasteiger partial charge < -0.3 is 20.2 Å². The van der Waals surface area contributed by atoms with E-state index in [0.29, 0.717) is 0 Å². The maximum absolute atomic E-state index is 13.3. The van der Waals surface area contributed by atoms with Gasteiger partial charge in [-0.1, -0.05) is 6.42 Å². The van der Waals surface area contributed by atoms with E-state index in [1.54, 1.807) is 7.05 Å². The second-order valence-electron chi connectivity index (χ2n) is 7.42. The van der Waals surface area contributed by atoms with Crippen molar-refractivity contribution in [2.45, 2.75) is 45.1 Å². The molecule has 154 valence electrons. The Morgan fingerprint density at radius 1 is 1.17 bits per heavy atom. The lowest BCUT2D eigenvalue weighted by molar-refractivity contribution is 0.600. The molecule has 0 spiro atoms. The zero-order valence-electron chi connectivity index (χ0n) is 16.8. The summed E-state index contributed by atoms with van der Waals surface area (Å²) in [6, 6.07) is 4.85. The maximum Gasteiger partial charge on any atom is 0.191 e. The summed E-state index contributed by atoms with van der Waals surface area (Å²) in [7, 11) is 1.77. The Bertz CT molecular complexity index is 988. The molecule has 7 nitrogen and oxygen atoms in total. The van der Waals surface area contributed by atoms with Gasteiger partial charge in [-0.2, -0.15) is 0 Å². The van der Waals surface area contributed by atoms with E-state index in [4.69, 9.17) is 0 Å². The molecule has 0 unspecified atom stereocenters. The van der Waals surface area contributed by atoms with Gasteiger partial charge in [-0.15, -0.1) is 10.2 Å². The van der Waals surface area contributed by atoms with Gasteiger partial charge in [-0.3, -0.25) is 4.99 Å². The van der Waals surface area contributed by atoms with Crippen LogP contribution in [0.4, 0.5) is 4.39 Å². The predicted molar refractivity (Wildman–Crippen MR) is 113 cm³/mol. The molecular formula is C21H28FN7. The molecule has 4 rings (SSSR count). The smallest absolute Gasteiger partial charge is 0.191 e. The first-order valence-electron chi connectivity index (χ1n) is 10.4. The van der Waals surface area contributed by atoms with Crippen molar-refractivity contribution in [3.63, 3.8) is 0 Å². The molecule has 0 amide bonds. The number of guanidine groups is 1. The summed E-state index contributed by atoms with van der Waals surface area (Å²) in [5, 5.41) is 16.5. The SMILES string of the molecule is CN=C(NCCc1c[nH]c2cc(F)ccc12)NCCc1nnc2n1CCCCC2. The van der Waals surface area contributed by atoms with Gasteiger partial charge in [0.2, 0.25) is 0 Å². The Balaban J connectivity index is 1.25. The number of aliphatic imine (C=N–C) groups is 1. The highest BCUT2D eigenvalue weighted by Gasteiger charge is 2.14. The van der Waals surface area contributed by atoms with E-state index >= 15 is 0 Å². The van der Waals surface area contributed by atoms with Crippen LogP contribution in [0.2, 0.25) is 0 Å². The highest BCUT2D eigenvalue weighted by molar-refractivity contribution is 5.83. The summed E-state index contributed by atoms with van der Waals surface area (Å²) in [5.41, 5.74) is 1.99. The van der Waals surface area contributed by atoms with Gasteiger partial charge in [0.1, 0.15) is 17.5 Å². The lowest BCUT2D eigenvalue weighted by Gasteiger charge is -2.12. The lowest BCUT2D eigenvalue weighted by Crippen LogP contribution is -2.39. The normalized spacial score (nSPS) is 14.6. The standard InChI is InChI=1S/C21H28FN7/c1-23-21(24-10-8-15-14-26-18-13-16(22)6-7-17(15)18)25-11-9-20-28-27-19-5-3-2-4-12-29(19)20/h6-7,13-14,26H,2-5,8-12H2,1H3,(H2,23,24,25). The van der Waals surface area contributed by atoms with Gasteiger partial charge in [0.05, 0.1) is 0 Å². The minimum Gasteiger partial charge on any atom is -0.361 e. The van der Waals surface area contributed by atoms with Crippen molar-refractivity contribution >= 4 is 16.9 Å². The van der Waals surface area contributed by atoms with Crippen molar-refractivity contribution in [2.75, 3.05) is 20.1 Å². The molecule has 2 aromatic heterocycles. The van der Waals surface area contributed by atoms with Gasteiger partial charge in [-0.05, 0) is 43.0 Å².